The molecule has 11 heteroatoms. The van der Waals surface area contributed by atoms with E-state index in [0.29, 0.717) is 22.6 Å². The number of anilines is 1. The summed E-state index contributed by atoms with van der Waals surface area (Å²) >= 11 is 1.11. The van der Waals surface area contributed by atoms with Crippen molar-refractivity contribution in [3.05, 3.63) is 94.5 Å². The van der Waals surface area contributed by atoms with Crippen molar-refractivity contribution in [2.24, 2.45) is 0 Å². The molecule has 4 aromatic rings. The van der Waals surface area contributed by atoms with E-state index < -0.39 is 29.5 Å². The molecule has 7 nitrogen and oxygen atoms in total. The van der Waals surface area contributed by atoms with Gasteiger partial charge in [-0.15, -0.1) is 0 Å². The number of fused-ring (bicyclic) bond motifs is 1. The fourth-order valence-electron chi connectivity index (χ4n) is 5.56. The molecule has 1 fully saturated rings. The second kappa shape index (κ2) is 13.6. The molecule has 44 heavy (non-hydrogen) atoms. The number of nitrogens with zero attached hydrogens (tertiary/aromatic N) is 1. The number of nitrogens with one attached hydrogen (secondary N) is 2. The van der Waals surface area contributed by atoms with Gasteiger partial charge >= 0.3 is 12.1 Å². The van der Waals surface area contributed by atoms with Crippen LogP contribution in [0.15, 0.2) is 66.7 Å². The van der Waals surface area contributed by atoms with Gasteiger partial charge in [0.2, 0.25) is 5.91 Å². The van der Waals surface area contributed by atoms with E-state index >= 15 is 0 Å². The van der Waals surface area contributed by atoms with E-state index in [1.165, 1.54) is 30.9 Å². The van der Waals surface area contributed by atoms with Crippen LogP contribution in [0, 0.1) is 0 Å². The van der Waals surface area contributed by atoms with Crippen LogP contribution in [0.1, 0.15) is 83.0 Å². The number of carboxylic acid groups (broad SMARTS) is 1. The Balaban J connectivity index is 1.36. The van der Waals surface area contributed by atoms with Crippen molar-refractivity contribution in [2.75, 3.05) is 11.9 Å². The summed E-state index contributed by atoms with van der Waals surface area (Å²) in [5.41, 5.74) is 2.55. The van der Waals surface area contributed by atoms with Gasteiger partial charge in [-0.2, -0.15) is 13.2 Å². The molecule has 1 heterocycles. The Kier molecular flexibility index (Phi) is 9.63. The maximum absolute atomic E-state index is 13.7. The maximum Gasteiger partial charge on any atom is 0.416 e. The van der Waals surface area contributed by atoms with Gasteiger partial charge in [-0.05, 0) is 72.2 Å². The van der Waals surface area contributed by atoms with E-state index in [4.69, 9.17) is 5.11 Å². The molecule has 1 saturated carbocycles. The number of rotatable bonds is 10. The maximum atomic E-state index is 13.7. The molecule has 0 saturated heterocycles. The van der Waals surface area contributed by atoms with Gasteiger partial charge in [0.15, 0.2) is 5.13 Å². The van der Waals surface area contributed by atoms with Gasteiger partial charge in [-0.1, -0.05) is 67.0 Å². The Morgan fingerprint density at radius 2 is 1.66 bits per heavy atom. The first-order chi connectivity index (χ1) is 21.1. The predicted octanol–water partition coefficient (Wildman–Crippen LogP) is 7.53. The lowest BCUT2D eigenvalue weighted by molar-refractivity contribution is -0.138. The molecule has 1 aromatic heterocycles. The minimum atomic E-state index is -4.50. The van der Waals surface area contributed by atoms with E-state index in [2.05, 4.69) is 27.8 Å². The second-order valence-electron chi connectivity index (χ2n) is 11.0. The average Bonchev–Trinajstić information content (AvgIpc) is 3.41. The third kappa shape index (κ3) is 7.82. The third-order valence-electron chi connectivity index (χ3n) is 7.96. The quantitative estimate of drug-likeness (QED) is 0.169. The van der Waals surface area contributed by atoms with Crippen LogP contribution in [-0.4, -0.2) is 34.4 Å². The number of thiazole rings is 1. The summed E-state index contributed by atoms with van der Waals surface area (Å²) in [6.07, 6.45) is 1.58. The molecule has 0 aliphatic heterocycles. The summed E-state index contributed by atoms with van der Waals surface area (Å²) in [5, 5.41) is 14.4. The molecule has 1 aliphatic rings. The highest BCUT2D eigenvalue weighted by atomic mass is 32.1. The molecule has 1 unspecified atom stereocenters. The van der Waals surface area contributed by atoms with Gasteiger partial charge < -0.3 is 15.7 Å². The van der Waals surface area contributed by atoms with Crippen molar-refractivity contribution in [3.63, 3.8) is 0 Å². The fraction of sp³-hybridized carbons (Fsp3) is 0.333. The smallest absolute Gasteiger partial charge is 0.416 e. The van der Waals surface area contributed by atoms with Gasteiger partial charge in [0.05, 0.1) is 28.1 Å². The first-order valence-electron chi connectivity index (χ1n) is 14.5. The number of carboxylic acids is 1. The SMILES string of the molecule is O=C(O)CCNC(=O)c1ccc(CC(C(=O)Nc2nc3cc(C(F)(F)F)ccc3s2)c2ccc(C3CCCCC3)cc2)cc1. The average molecular weight is 624 g/mol. The molecule has 3 N–H and O–H groups in total. The van der Waals surface area contributed by atoms with E-state index in [1.54, 1.807) is 24.3 Å². The summed E-state index contributed by atoms with van der Waals surface area (Å²) in [5.74, 6) is -1.88. The first kappa shape index (κ1) is 31.2. The molecule has 230 valence electrons. The molecule has 3 aromatic carbocycles. The van der Waals surface area contributed by atoms with Gasteiger partial charge in [0.1, 0.15) is 0 Å². The summed E-state index contributed by atoms with van der Waals surface area (Å²) in [6.45, 7) is 0.0122. The number of amides is 2. The normalized spacial score (nSPS) is 14.7. The zero-order valence-corrected chi connectivity index (χ0v) is 24.6. The Labute approximate surface area is 256 Å². The topological polar surface area (TPSA) is 108 Å². The van der Waals surface area contributed by atoms with Crippen molar-refractivity contribution in [1.29, 1.82) is 0 Å². The van der Waals surface area contributed by atoms with Crippen LogP contribution in [-0.2, 0) is 22.2 Å². The lowest BCUT2D eigenvalue weighted by Gasteiger charge is -2.23. The number of hydrogen-bond acceptors (Lipinski definition) is 5. The Morgan fingerprint density at radius 1 is 0.955 bits per heavy atom. The molecular weight excluding hydrogens is 591 g/mol. The largest absolute Gasteiger partial charge is 0.481 e. The van der Waals surface area contributed by atoms with Crippen LogP contribution in [0.5, 0.6) is 0 Å². The van der Waals surface area contributed by atoms with Crippen molar-refractivity contribution in [1.82, 2.24) is 10.3 Å². The van der Waals surface area contributed by atoms with Crippen LogP contribution in [0.3, 0.4) is 0 Å². The predicted molar refractivity (Wildman–Crippen MR) is 163 cm³/mol. The van der Waals surface area contributed by atoms with Crippen LogP contribution in [0.2, 0.25) is 0 Å². The summed E-state index contributed by atoms with van der Waals surface area (Å²) in [7, 11) is 0. The highest BCUT2D eigenvalue weighted by Gasteiger charge is 2.31. The van der Waals surface area contributed by atoms with E-state index in [1.807, 2.05) is 12.1 Å². The zero-order valence-electron chi connectivity index (χ0n) is 23.8. The minimum absolute atomic E-state index is 0.0122. The second-order valence-corrected chi connectivity index (χ2v) is 12.1. The van der Waals surface area contributed by atoms with Crippen LogP contribution in [0.4, 0.5) is 18.3 Å². The molecule has 1 atom stereocenters. The Morgan fingerprint density at radius 3 is 2.32 bits per heavy atom. The number of alkyl halides is 3. The monoisotopic (exact) mass is 623 g/mol. The molecule has 2 amide bonds. The van der Waals surface area contributed by atoms with Crippen LogP contribution in [0.25, 0.3) is 10.2 Å². The van der Waals surface area contributed by atoms with Crippen LogP contribution >= 0.6 is 11.3 Å². The first-order valence-corrected chi connectivity index (χ1v) is 15.4. The lowest BCUT2D eigenvalue weighted by atomic mass is 9.83. The molecule has 1 aliphatic carbocycles. The number of halogens is 3. The summed E-state index contributed by atoms with van der Waals surface area (Å²) < 4.78 is 40.1. The standard InChI is InChI=1S/C33H32F3N3O4S/c34-33(35,36)25-14-15-28-27(19-25)38-32(44-28)39-31(43)26(23-12-10-22(11-13-23)21-4-2-1-3-5-21)18-20-6-8-24(9-7-20)30(42)37-17-16-29(40)41/h6-15,19,21,26H,1-5,16-18H2,(H,37,42)(H,40,41)(H,38,39,43). The number of aromatic nitrogens is 1. The Hall–Kier alpha value is -4.25. The zero-order chi connectivity index (χ0) is 31.3. The third-order valence-corrected chi connectivity index (χ3v) is 8.91. The summed E-state index contributed by atoms with van der Waals surface area (Å²) in [6, 6.07) is 18.2. The molecule has 0 spiro atoms. The van der Waals surface area contributed by atoms with Crippen molar-refractivity contribution in [2.45, 2.75) is 63.0 Å². The van der Waals surface area contributed by atoms with Crippen molar-refractivity contribution < 1.29 is 32.7 Å². The van der Waals surface area contributed by atoms with E-state index in [-0.39, 0.29) is 29.5 Å². The molecule has 5 rings (SSSR count). The highest BCUT2D eigenvalue weighted by molar-refractivity contribution is 7.22. The fourth-order valence-corrected chi connectivity index (χ4v) is 6.41. The van der Waals surface area contributed by atoms with Gasteiger partial charge in [-0.25, -0.2) is 4.98 Å². The van der Waals surface area contributed by atoms with E-state index in [9.17, 15) is 27.6 Å². The number of benzene rings is 3. The lowest BCUT2D eigenvalue weighted by Crippen LogP contribution is -2.26. The molecular formula is C33H32F3N3O4S. The Bertz CT molecular complexity index is 1630. The highest BCUT2D eigenvalue weighted by Crippen LogP contribution is 2.36. The number of aliphatic carboxylic acids is 1. The molecule has 0 radical (unpaired) electrons. The minimum Gasteiger partial charge on any atom is -0.481 e. The number of hydrogen-bond donors (Lipinski definition) is 3. The van der Waals surface area contributed by atoms with Crippen molar-refractivity contribution >= 4 is 44.5 Å². The van der Waals surface area contributed by atoms with Gasteiger partial charge in [0, 0.05) is 12.1 Å². The van der Waals surface area contributed by atoms with Crippen LogP contribution < -0.4 is 10.6 Å². The van der Waals surface area contributed by atoms with E-state index in [0.717, 1.165) is 47.4 Å². The molecule has 0 bridgehead atoms. The number of carbonyl (C=O) groups excluding carboxylic acids is 2. The van der Waals surface area contributed by atoms with Crippen molar-refractivity contribution in [3.8, 4) is 0 Å². The number of carbonyl (C=O) groups is 3. The van der Waals surface area contributed by atoms with Gasteiger partial charge in [0.25, 0.3) is 5.91 Å². The van der Waals surface area contributed by atoms with Gasteiger partial charge in [-0.3, -0.25) is 14.4 Å². The summed E-state index contributed by atoms with van der Waals surface area (Å²) in [4.78, 5) is 41.1.